The van der Waals surface area contributed by atoms with Gasteiger partial charge in [0.15, 0.2) is 11.5 Å². The van der Waals surface area contributed by atoms with E-state index < -0.39 is 26.0 Å². The molecule has 0 atom stereocenters. The number of hydrogen-bond acceptors (Lipinski definition) is 9. The summed E-state index contributed by atoms with van der Waals surface area (Å²) < 4.78 is 75.4. The smallest absolute Gasteiger partial charge is 0.328 e. The lowest BCUT2D eigenvalue weighted by Gasteiger charge is -2.30. The molecule has 4 rings (SSSR count). The minimum Gasteiger partial charge on any atom is -0.493 e. The summed E-state index contributed by atoms with van der Waals surface area (Å²) in [5.41, 5.74) is 0.800. The molecular formula is C27H28ClN3O9S2. The molecule has 1 aliphatic heterocycles. The maximum absolute atomic E-state index is 13.6. The topological polar surface area (TPSA) is 161 Å². The third-order valence-electron chi connectivity index (χ3n) is 6.12. The minimum atomic E-state index is -4.41. The predicted molar refractivity (Wildman–Crippen MR) is 159 cm³/mol. The van der Waals surface area contributed by atoms with Crippen molar-refractivity contribution in [3.8, 4) is 11.5 Å². The van der Waals surface area contributed by atoms with Crippen molar-refractivity contribution in [2.24, 2.45) is 0 Å². The van der Waals surface area contributed by atoms with Gasteiger partial charge in [0.05, 0.1) is 38.8 Å². The Labute approximate surface area is 248 Å². The first kappa shape index (κ1) is 31.0. The van der Waals surface area contributed by atoms with Gasteiger partial charge in [-0.25, -0.2) is 21.6 Å². The summed E-state index contributed by atoms with van der Waals surface area (Å²) in [5, 5.41) is 9.42. The summed E-state index contributed by atoms with van der Waals surface area (Å²) in [5.74, 6) is -1.31. The largest absolute Gasteiger partial charge is 0.493 e. The van der Waals surface area contributed by atoms with E-state index in [1.54, 1.807) is 0 Å². The molecule has 1 heterocycles. The van der Waals surface area contributed by atoms with Crippen LogP contribution in [0.1, 0.15) is 5.56 Å². The van der Waals surface area contributed by atoms with Crippen LogP contribution in [0.25, 0.3) is 6.08 Å². The summed E-state index contributed by atoms with van der Waals surface area (Å²) in [6, 6.07) is 12.9. The van der Waals surface area contributed by atoms with Crippen LogP contribution >= 0.6 is 11.6 Å². The molecular weight excluding hydrogens is 610 g/mol. The number of carbonyl (C=O) groups is 1. The van der Waals surface area contributed by atoms with Crippen molar-refractivity contribution in [2.75, 3.05) is 54.9 Å². The van der Waals surface area contributed by atoms with Crippen molar-refractivity contribution < 1.29 is 40.9 Å². The Morgan fingerprint density at radius 3 is 2.14 bits per heavy atom. The number of nitrogens with zero attached hydrogens (tertiary/aromatic N) is 1. The van der Waals surface area contributed by atoms with Gasteiger partial charge in [0, 0.05) is 29.9 Å². The van der Waals surface area contributed by atoms with Crippen LogP contribution in [0.2, 0.25) is 5.02 Å². The number of aliphatic carboxylic acids is 1. The number of rotatable bonds is 11. The number of sulfonamides is 2. The molecule has 1 aliphatic rings. The average Bonchev–Trinajstić information content (AvgIpc) is 2.96. The summed E-state index contributed by atoms with van der Waals surface area (Å²) in [6.07, 6.45) is 2.05. The van der Waals surface area contributed by atoms with Crippen LogP contribution in [-0.4, -0.2) is 68.4 Å². The van der Waals surface area contributed by atoms with Gasteiger partial charge in [-0.1, -0.05) is 11.6 Å². The maximum atomic E-state index is 13.6. The molecule has 0 radical (unpaired) electrons. The highest BCUT2D eigenvalue weighted by molar-refractivity contribution is 7.93. The van der Waals surface area contributed by atoms with E-state index in [0.29, 0.717) is 37.0 Å². The van der Waals surface area contributed by atoms with Crippen molar-refractivity contribution in [1.82, 2.24) is 0 Å². The first-order valence-corrected chi connectivity index (χ1v) is 15.7. The fourth-order valence-corrected chi connectivity index (χ4v) is 6.91. The van der Waals surface area contributed by atoms with Gasteiger partial charge in [0.2, 0.25) is 0 Å². The number of hydrogen-bond donors (Lipinski definition) is 3. The van der Waals surface area contributed by atoms with Crippen molar-refractivity contribution >= 4 is 60.8 Å². The van der Waals surface area contributed by atoms with E-state index in [9.17, 15) is 21.6 Å². The number of methoxy groups -OCH3 is 2. The van der Waals surface area contributed by atoms with E-state index in [1.165, 1.54) is 74.9 Å². The molecule has 15 heteroatoms. The minimum absolute atomic E-state index is 0.0449. The first-order chi connectivity index (χ1) is 19.9. The van der Waals surface area contributed by atoms with Crippen molar-refractivity contribution in [1.29, 1.82) is 0 Å². The quantitative estimate of drug-likeness (QED) is 0.263. The molecule has 3 N–H and O–H groups in total. The average molecular weight is 638 g/mol. The second kappa shape index (κ2) is 12.9. The standard InChI is InChI=1S/C27H28ClN3O9S2/c1-38-23-15-18(3-10-26(32)33)16-25(27(23)39-2)42(36,37)30-21-8-9-22(31-11-13-40-14-12-31)24(17-21)41(34,35)29-20-6-4-19(28)5-7-20/h3-10,15-17,29-30H,11-14H2,1-2H3,(H,32,33)/b10-3+. The Kier molecular flexibility index (Phi) is 9.51. The van der Waals surface area contributed by atoms with Crippen LogP contribution in [0.3, 0.4) is 0 Å². The zero-order valence-corrected chi connectivity index (χ0v) is 24.9. The van der Waals surface area contributed by atoms with Gasteiger partial charge in [0.25, 0.3) is 20.0 Å². The molecule has 1 fully saturated rings. The molecule has 0 spiro atoms. The normalized spacial score (nSPS) is 14.0. The lowest BCUT2D eigenvalue weighted by molar-refractivity contribution is -0.131. The second-order valence-corrected chi connectivity index (χ2v) is 12.7. The number of carboxylic acids is 1. The molecule has 224 valence electrons. The third-order valence-corrected chi connectivity index (χ3v) is 9.17. The molecule has 3 aromatic rings. The number of ether oxygens (including phenoxy) is 3. The molecule has 1 saturated heterocycles. The number of nitrogens with one attached hydrogen (secondary N) is 2. The Balaban J connectivity index is 1.78. The number of anilines is 3. The third kappa shape index (κ3) is 7.26. The van der Waals surface area contributed by atoms with E-state index in [-0.39, 0.29) is 38.2 Å². The summed E-state index contributed by atoms with van der Waals surface area (Å²) in [6.45, 7) is 1.66. The van der Waals surface area contributed by atoms with Crippen LogP contribution in [0.5, 0.6) is 11.5 Å². The highest BCUT2D eigenvalue weighted by atomic mass is 35.5. The fourth-order valence-electron chi connectivity index (χ4n) is 4.21. The van der Waals surface area contributed by atoms with Gasteiger partial charge >= 0.3 is 5.97 Å². The van der Waals surface area contributed by atoms with Crippen LogP contribution in [0.4, 0.5) is 17.1 Å². The summed E-state index contributed by atoms with van der Waals surface area (Å²) in [7, 11) is -6.06. The molecule has 0 aromatic heterocycles. The number of carboxylic acid groups (broad SMARTS) is 1. The van der Waals surface area contributed by atoms with Gasteiger partial charge < -0.3 is 24.2 Å². The molecule has 42 heavy (non-hydrogen) atoms. The maximum Gasteiger partial charge on any atom is 0.328 e. The van der Waals surface area contributed by atoms with Gasteiger partial charge in [-0.15, -0.1) is 0 Å². The summed E-state index contributed by atoms with van der Waals surface area (Å²) >= 11 is 5.93. The number of halogens is 1. The summed E-state index contributed by atoms with van der Waals surface area (Å²) in [4.78, 5) is 12.3. The molecule has 0 amide bonds. The molecule has 0 bridgehead atoms. The highest BCUT2D eigenvalue weighted by Crippen LogP contribution is 2.38. The van der Waals surface area contributed by atoms with Gasteiger partial charge in [-0.3, -0.25) is 9.44 Å². The zero-order chi connectivity index (χ0) is 30.5. The molecule has 3 aromatic carbocycles. The van der Waals surface area contributed by atoms with E-state index >= 15 is 0 Å². The Bertz CT molecular complexity index is 1710. The van der Waals surface area contributed by atoms with Crippen molar-refractivity contribution in [3.05, 3.63) is 71.3 Å². The molecule has 0 unspecified atom stereocenters. The SMILES string of the molecule is COc1cc(/C=C/C(=O)O)cc(S(=O)(=O)Nc2ccc(N3CCOCC3)c(S(=O)(=O)Nc3ccc(Cl)cc3)c2)c1OC. The number of benzene rings is 3. The highest BCUT2D eigenvalue weighted by Gasteiger charge is 2.28. The van der Waals surface area contributed by atoms with Crippen LogP contribution in [-0.2, 0) is 29.6 Å². The van der Waals surface area contributed by atoms with Gasteiger partial charge in [0.1, 0.15) is 9.79 Å². The Morgan fingerprint density at radius 1 is 0.905 bits per heavy atom. The molecule has 0 aliphatic carbocycles. The lowest BCUT2D eigenvalue weighted by Crippen LogP contribution is -2.37. The second-order valence-electron chi connectivity index (χ2n) is 8.93. The monoisotopic (exact) mass is 637 g/mol. The van der Waals surface area contributed by atoms with Crippen LogP contribution in [0, 0.1) is 0 Å². The van der Waals surface area contributed by atoms with Crippen molar-refractivity contribution in [3.63, 3.8) is 0 Å². The van der Waals surface area contributed by atoms with E-state index in [1.807, 2.05) is 4.90 Å². The van der Waals surface area contributed by atoms with Crippen molar-refractivity contribution in [2.45, 2.75) is 9.79 Å². The van der Waals surface area contributed by atoms with E-state index in [4.69, 9.17) is 30.9 Å². The van der Waals surface area contributed by atoms with E-state index in [2.05, 4.69) is 9.44 Å². The Hall–Kier alpha value is -3.98. The number of morpholine rings is 1. The van der Waals surface area contributed by atoms with Crippen LogP contribution < -0.4 is 23.8 Å². The Morgan fingerprint density at radius 2 is 1.52 bits per heavy atom. The fraction of sp³-hybridized carbons (Fsp3) is 0.222. The predicted octanol–water partition coefficient (Wildman–Crippen LogP) is 3.89. The first-order valence-electron chi connectivity index (χ1n) is 12.4. The van der Waals surface area contributed by atoms with Gasteiger partial charge in [-0.2, -0.15) is 0 Å². The van der Waals surface area contributed by atoms with E-state index in [0.717, 1.165) is 6.08 Å². The molecule has 0 saturated carbocycles. The lowest BCUT2D eigenvalue weighted by atomic mass is 10.2. The zero-order valence-electron chi connectivity index (χ0n) is 22.5. The van der Waals surface area contributed by atoms with Crippen LogP contribution in [0.15, 0.2) is 70.5 Å². The molecule has 12 nitrogen and oxygen atoms in total. The van der Waals surface area contributed by atoms with Gasteiger partial charge in [-0.05, 0) is 66.2 Å².